The fraction of sp³-hybridized carbons (Fsp3) is 1.00. The quantitative estimate of drug-likeness (QED) is 0.632. The van der Waals surface area contributed by atoms with Crippen molar-refractivity contribution >= 4 is 15.9 Å². The molecule has 1 rings (SSSR count). The molecular formula is C8H15BrO. The smallest absolute Gasteiger partial charge is 0.110 e. The number of rotatable bonds is 2. The van der Waals surface area contributed by atoms with Crippen molar-refractivity contribution in [2.24, 2.45) is 0 Å². The molecule has 1 fully saturated rings. The van der Waals surface area contributed by atoms with E-state index in [1.165, 1.54) is 32.1 Å². The summed E-state index contributed by atoms with van der Waals surface area (Å²) in [6, 6.07) is 0. The van der Waals surface area contributed by atoms with Crippen LogP contribution in [0.15, 0.2) is 0 Å². The molecule has 0 amide bonds. The summed E-state index contributed by atoms with van der Waals surface area (Å²) in [5.74, 6) is 0. The lowest BCUT2D eigenvalue weighted by Gasteiger charge is -2.23. The largest absolute Gasteiger partial charge is 0.364 e. The highest BCUT2D eigenvalue weighted by Gasteiger charge is 2.14. The van der Waals surface area contributed by atoms with Crippen molar-refractivity contribution in [3.8, 4) is 0 Å². The van der Waals surface area contributed by atoms with E-state index in [1.807, 2.05) is 6.92 Å². The summed E-state index contributed by atoms with van der Waals surface area (Å²) in [5, 5.41) is 0.232. The van der Waals surface area contributed by atoms with Gasteiger partial charge < -0.3 is 4.74 Å². The van der Waals surface area contributed by atoms with E-state index in [1.54, 1.807) is 0 Å². The van der Waals surface area contributed by atoms with E-state index >= 15 is 0 Å². The van der Waals surface area contributed by atoms with Crippen LogP contribution in [0, 0.1) is 0 Å². The molecule has 0 heterocycles. The Hall–Kier alpha value is 0.440. The topological polar surface area (TPSA) is 9.23 Å². The van der Waals surface area contributed by atoms with Gasteiger partial charge in [-0.05, 0) is 19.8 Å². The maximum absolute atomic E-state index is 5.61. The lowest BCUT2D eigenvalue weighted by Crippen LogP contribution is -2.18. The molecule has 1 saturated carbocycles. The summed E-state index contributed by atoms with van der Waals surface area (Å²) < 4.78 is 5.61. The monoisotopic (exact) mass is 206 g/mol. The highest BCUT2D eigenvalue weighted by Crippen LogP contribution is 2.22. The Bertz CT molecular complexity index is 87.3. The van der Waals surface area contributed by atoms with Crippen molar-refractivity contribution in [3.05, 3.63) is 0 Å². The molecule has 0 spiro atoms. The van der Waals surface area contributed by atoms with E-state index in [0.717, 1.165) is 0 Å². The van der Waals surface area contributed by atoms with Crippen LogP contribution in [0.2, 0.25) is 0 Å². The molecular weight excluding hydrogens is 192 g/mol. The van der Waals surface area contributed by atoms with E-state index < -0.39 is 0 Å². The number of hydrogen-bond donors (Lipinski definition) is 0. The predicted molar refractivity (Wildman–Crippen MR) is 46.3 cm³/mol. The van der Waals surface area contributed by atoms with Gasteiger partial charge in [-0.25, -0.2) is 0 Å². The molecule has 1 aliphatic carbocycles. The first-order valence-electron chi connectivity index (χ1n) is 4.08. The minimum absolute atomic E-state index is 0.232. The zero-order chi connectivity index (χ0) is 7.40. The molecule has 0 N–H and O–H groups in total. The second-order valence-corrected chi connectivity index (χ2v) is 4.23. The minimum atomic E-state index is 0.232. The molecule has 0 aromatic carbocycles. The number of halogens is 1. The van der Waals surface area contributed by atoms with E-state index in [9.17, 15) is 0 Å². The zero-order valence-corrected chi connectivity index (χ0v) is 8.06. The van der Waals surface area contributed by atoms with Crippen LogP contribution in [-0.2, 0) is 4.74 Å². The van der Waals surface area contributed by atoms with Gasteiger partial charge in [-0.1, -0.05) is 35.2 Å². The van der Waals surface area contributed by atoms with Crippen molar-refractivity contribution in [1.82, 2.24) is 0 Å². The standard InChI is InChI=1S/C8H15BrO/c1-7(9)10-8-5-3-2-4-6-8/h7-8H,2-6H2,1H3. The van der Waals surface area contributed by atoms with Gasteiger partial charge in [0.1, 0.15) is 5.01 Å². The van der Waals surface area contributed by atoms with Crippen LogP contribution < -0.4 is 0 Å². The van der Waals surface area contributed by atoms with Gasteiger partial charge in [0.15, 0.2) is 0 Å². The Morgan fingerprint density at radius 3 is 2.40 bits per heavy atom. The Kier molecular flexibility index (Phi) is 3.71. The molecule has 1 nitrogen and oxygen atoms in total. The minimum Gasteiger partial charge on any atom is -0.364 e. The summed E-state index contributed by atoms with van der Waals surface area (Å²) in [7, 11) is 0. The molecule has 0 radical (unpaired) electrons. The third-order valence-corrected chi connectivity index (χ3v) is 2.15. The Morgan fingerprint density at radius 1 is 1.30 bits per heavy atom. The third kappa shape index (κ3) is 3.02. The van der Waals surface area contributed by atoms with Gasteiger partial charge in [0, 0.05) is 0 Å². The Balaban J connectivity index is 2.13. The third-order valence-electron chi connectivity index (χ3n) is 1.93. The number of alkyl halides is 1. The summed E-state index contributed by atoms with van der Waals surface area (Å²) in [5.41, 5.74) is 0. The highest BCUT2D eigenvalue weighted by molar-refractivity contribution is 9.09. The molecule has 1 atom stereocenters. The van der Waals surface area contributed by atoms with Crippen molar-refractivity contribution in [2.75, 3.05) is 0 Å². The molecule has 1 unspecified atom stereocenters. The maximum Gasteiger partial charge on any atom is 0.110 e. The first kappa shape index (κ1) is 8.54. The molecule has 1 aliphatic rings. The molecule has 60 valence electrons. The number of ether oxygens (including phenoxy) is 1. The normalized spacial score (nSPS) is 24.6. The van der Waals surface area contributed by atoms with Crippen molar-refractivity contribution in [1.29, 1.82) is 0 Å². The molecule has 2 heteroatoms. The molecule has 10 heavy (non-hydrogen) atoms. The molecule has 0 saturated heterocycles. The van der Waals surface area contributed by atoms with Crippen LogP contribution in [0.3, 0.4) is 0 Å². The van der Waals surface area contributed by atoms with Gasteiger partial charge in [0.2, 0.25) is 0 Å². The van der Waals surface area contributed by atoms with Gasteiger partial charge in [-0.3, -0.25) is 0 Å². The zero-order valence-electron chi connectivity index (χ0n) is 6.48. The SMILES string of the molecule is CC(Br)OC1CCCCC1. The summed E-state index contributed by atoms with van der Waals surface area (Å²) in [4.78, 5) is 0. The van der Waals surface area contributed by atoms with Crippen LogP contribution in [0.1, 0.15) is 39.0 Å². The van der Waals surface area contributed by atoms with Gasteiger partial charge in [0.25, 0.3) is 0 Å². The Labute approximate surface area is 71.3 Å². The predicted octanol–water partition coefficient (Wildman–Crippen LogP) is 3.08. The first-order chi connectivity index (χ1) is 4.79. The van der Waals surface area contributed by atoms with Crippen molar-refractivity contribution in [3.63, 3.8) is 0 Å². The average Bonchev–Trinajstić information content (AvgIpc) is 1.88. The van der Waals surface area contributed by atoms with Crippen LogP contribution in [0.5, 0.6) is 0 Å². The molecule has 0 aliphatic heterocycles. The Morgan fingerprint density at radius 2 is 1.90 bits per heavy atom. The molecule has 0 aromatic heterocycles. The van der Waals surface area contributed by atoms with Gasteiger partial charge in [0.05, 0.1) is 6.10 Å². The van der Waals surface area contributed by atoms with Gasteiger partial charge >= 0.3 is 0 Å². The lowest BCUT2D eigenvalue weighted by molar-refractivity contribution is 0.0231. The van der Waals surface area contributed by atoms with Crippen LogP contribution in [-0.4, -0.2) is 11.1 Å². The molecule has 0 aromatic rings. The van der Waals surface area contributed by atoms with E-state index in [-0.39, 0.29) is 5.01 Å². The van der Waals surface area contributed by atoms with Crippen LogP contribution in [0.25, 0.3) is 0 Å². The maximum atomic E-state index is 5.61. The van der Waals surface area contributed by atoms with Gasteiger partial charge in [-0.2, -0.15) is 0 Å². The second-order valence-electron chi connectivity index (χ2n) is 2.94. The summed E-state index contributed by atoms with van der Waals surface area (Å²) in [6.07, 6.45) is 7.15. The second kappa shape index (κ2) is 4.35. The van der Waals surface area contributed by atoms with Crippen molar-refractivity contribution in [2.45, 2.75) is 50.1 Å². The van der Waals surface area contributed by atoms with Crippen molar-refractivity contribution < 1.29 is 4.74 Å². The lowest BCUT2D eigenvalue weighted by atomic mass is 9.98. The average molecular weight is 207 g/mol. The van der Waals surface area contributed by atoms with Crippen LogP contribution >= 0.6 is 15.9 Å². The molecule has 0 bridgehead atoms. The summed E-state index contributed by atoms with van der Waals surface area (Å²) in [6.45, 7) is 2.04. The fourth-order valence-corrected chi connectivity index (χ4v) is 1.77. The highest BCUT2D eigenvalue weighted by atomic mass is 79.9. The van der Waals surface area contributed by atoms with Gasteiger partial charge in [-0.15, -0.1) is 0 Å². The fourth-order valence-electron chi connectivity index (χ4n) is 1.47. The summed E-state index contributed by atoms with van der Waals surface area (Å²) >= 11 is 3.39. The number of hydrogen-bond acceptors (Lipinski definition) is 1. The van der Waals surface area contributed by atoms with Crippen LogP contribution in [0.4, 0.5) is 0 Å². The van der Waals surface area contributed by atoms with E-state index in [0.29, 0.717) is 6.10 Å². The van der Waals surface area contributed by atoms with E-state index in [4.69, 9.17) is 4.74 Å². The van der Waals surface area contributed by atoms with E-state index in [2.05, 4.69) is 15.9 Å². The first-order valence-corrected chi connectivity index (χ1v) is 5.00.